The van der Waals surface area contributed by atoms with E-state index in [0.29, 0.717) is 38.4 Å². The number of carbonyl (C=O) groups is 2. The van der Waals surface area contributed by atoms with Crippen molar-refractivity contribution in [3.8, 4) is 11.3 Å². The highest BCUT2D eigenvalue weighted by Crippen LogP contribution is 2.20. The van der Waals surface area contributed by atoms with Crippen molar-refractivity contribution in [2.45, 2.75) is 26.2 Å². The van der Waals surface area contributed by atoms with Gasteiger partial charge < -0.3 is 14.2 Å². The SMILES string of the molecule is CC(=O)N1CCCN(C(=O)CCc2ncc(-c3ccccc3)o2)CC1. The number of nitrogens with zero attached hydrogens (tertiary/aromatic N) is 3. The van der Waals surface area contributed by atoms with E-state index in [4.69, 9.17) is 4.42 Å². The summed E-state index contributed by atoms with van der Waals surface area (Å²) in [5.41, 5.74) is 0.976. The largest absolute Gasteiger partial charge is 0.441 e. The van der Waals surface area contributed by atoms with E-state index >= 15 is 0 Å². The summed E-state index contributed by atoms with van der Waals surface area (Å²) in [5, 5.41) is 0. The van der Waals surface area contributed by atoms with Crippen LogP contribution in [0.2, 0.25) is 0 Å². The molecule has 0 radical (unpaired) electrons. The first-order chi connectivity index (χ1) is 12.1. The average molecular weight is 341 g/mol. The Hall–Kier alpha value is -2.63. The summed E-state index contributed by atoms with van der Waals surface area (Å²) in [7, 11) is 0. The molecular formula is C19H23N3O3. The van der Waals surface area contributed by atoms with Crippen molar-refractivity contribution in [2.24, 2.45) is 0 Å². The molecule has 0 N–H and O–H groups in total. The number of rotatable bonds is 4. The predicted molar refractivity (Wildman–Crippen MR) is 93.7 cm³/mol. The van der Waals surface area contributed by atoms with Gasteiger partial charge in [0.25, 0.3) is 0 Å². The molecule has 2 amide bonds. The third-order valence-electron chi connectivity index (χ3n) is 4.46. The molecule has 132 valence electrons. The molecule has 3 rings (SSSR count). The topological polar surface area (TPSA) is 66.7 Å². The first kappa shape index (κ1) is 17.2. The van der Waals surface area contributed by atoms with Gasteiger partial charge in [-0.15, -0.1) is 0 Å². The lowest BCUT2D eigenvalue weighted by molar-refractivity contribution is -0.132. The number of amides is 2. The van der Waals surface area contributed by atoms with Gasteiger partial charge in [0, 0.05) is 51.5 Å². The third kappa shape index (κ3) is 4.47. The minimum atomic E-state index is 0.0718. The number of oxazole rings is 1. The Morgan fingerprint density at radius 3 is 2.56 bits per heavy atom. The Morgan fingerprint density at radius 2 is 1.80 bits per heavy atom. The molecule has 0 saturated carbocycles. The van der Waals surface area contributed by atoms with Gasteiger partial charge >= 0.3 is 0 Å². The molecule has 2 aromatic rings. The fourth-order valence-electron chi connectivity index (χ4n) is 3.02. The zero-order valence-corrected chi connectivity index (χ0v) is 14.5. The second-order valence-electron chi connectivity index (χ2n) is 6.22. The highest BCUT2D eigenvalue weighted by Gasteiger charge is 2.20. The monoisotopic (exact) mass is 341 g/mol. The number of carbonyl (C=O) groups excluding carboxylic acids is 2. The van der Waals surface area contributed by atoms with Gasteiger partial charge in [0.2, 0.25) is 11.8 Å². The molecule has 1 aromatic heterocycles. The number of benzene rings is 1. The Kier molecular flexibility index (Phi) is 5.48. The van der Waals surface area contributed by atoms with Gasteiger partial charge in [-0.3, -0.25) is 9.59 Å². The van der Waals surface area contributed by atoms with Crippen molar-refractivity contribution < 1.29 is 14.0 Å². The Labute approximate surface area is 147 Å². The van der Waals surface area contributed by atoms with Crippen molar-refractivity contribution in [3.63, 3.8) is 0 Å². The number of aromatic nitrogens is 1. The summed E-state index contributed by atoms with van der Waals surface area (Å²) in [5.74, 6) is 1.45. The second kappa shape index (κ2) is 7.96. The van der Waals surface area contributed by atoms with E-state index in [0.717, 1.165) is 24.3 Å². The molecular weight excluding hydrogens is 318 g/mol. The number of hydrogen-bond acceptors (Lipinski definition) is 4. The molecule has 0 spiro atoms. The lowest BCUT2D eigenvalue weighted by Gasteiger charge is -2.21. The van der Waals surface area contributed by atoms with Crippen LogP contribution in [0.4, 0.5) is 0 Å². The van der Waals surface area contributed by atoms with Crippen molar-refractivity contribution in [3.05, 3.63) is 42.4 Å². The van der Waals surface area contributed by atoms with Crippen LogP contribution in [-0.2, 0) is 16.0 Å². The quantitative estimate of drug-likeness (QED) is 0.856. The summed E-state index contributed by atoms with van der Waals surface area (Å²) >= 11 is 0. The van der Waals surface area contributed by atoms with Crippen LogP contribution in [0, 0.1) is 0 Å². The molecule has 1 aromatic carbocycles. The van der Waals surface area contributed by atoms with E-state index in [2.05, 4.69) is 4.98 Å². The summed E-state index contributed by atoms with van der Waals surface area (Å²) in [6, 6.07) is 9.78. The van der Waals surface area contributed by atoms with E-state index in [-0.39, 0.29) is 11.8 Å². The Balaban J connectivity index is 1.52. The molecule has 6 heteroatoms. The van der Waals surface area contributed by atoms with Gasteiger partial charge in [-0.25, -0.2) is 4.98 Å². The summed E-state index contributed by atoms with van der Waals surface area (Å²) in [4.78, 5) is 31.8. The van der Waals surface area contributed by atoms with Gasteiger partial charge in [0.05, 0.1) is 6.20 Å². The van der Waals surface area contributed by atoms with Crippen molar-refractivity contribution in [1.29, 1.82) is 0 Å². The fraction of sp³-hybridized carbons (Fsp3) is 0.421. The molecule has 0 unspecified atom stereocenters. The highest BCUT2D eigenvalue weighted by atomic mass is 16.4. The molecule has 0 aliphatic carbocycles. The first-order valence-corrected chi connectivity index (χ1v) is 8.67. The summed E-state index contributed by atoms with van der Waals surface area (Å²) in [6.45, 7) is 4.20. The zero-order valence-electron chi connectivity index (χ0n) is 14.5. The van der Waals surface area contributed by atoms with Crippen molar-refractivity contribution in [2.75, 3.05) is 26.2 Å². The van der Waals surface area contributed by atoms with Crippen LogP contribution in [0.15, 0.2) is 40.9 Å². The lowest BCUT2D eigenvalue weighted by Crippen LogP contribution is -2.36. The van der Waals surface area contributed by atoms with Gasteiger partial charge in [-0.1, -0.05) is 30.3 Å². The third-order valence-corrected chi connectivity index (χ3v) is 4.46. The smallest absolute Gasteiger partial charge is 0.223 e. The zero-order chi connectivity index (χ0) is 17.6. The second-order valence-corrected chi connectivity index (χ2v) is 6.22. The minimum Gasteiger partial charge on any atom is -0.441 e. The molecule has 0 bridgehead atoms. The van der Waals surface area contributed by atoms with Crippen LogP contribution in [0.25, 0.3) is 11.3 Å². The maximum Gasteiger partial charge on any atom is 0.223 e. The molecule has 2 heterocycles. The number of hydrogen-bond donors (Lipinski definition) is 0. The van der Waals surface area contributed by atoms with E-state index in [1.165, 1.54) is 0 Å². The molecule has 0 atom stereocenters. The van der Waals surface area contributed by atoms with E-state index < -0.39 is 0 Å². The molecule has 25 heavy (non-hydrogen) atoms. The number of aryl methyl sites for hydroxylation is 1. The van der Waals surface area contributed by atoms with Crippen LogP contribution >= 0.6 is 0 Å². The first-order valence-electron chi connectivity index (χ1n) is 8.67. The van der Waals surface area contributed by atoms with Crippen molar-refractivity contribution >= 4 is 11.8 Å². The van der Waals surface area contributed by atoms with Crippen molar-refractivity contribution in [1.82, 2.24) is 14.8 Å². The van der Waals surface area contributed by atoms with Gasteiger partial charge in [0.15, 0.2) is 11.7 Å². The van der Waals surface area contributed by atoms with Gasteiger partial charge in [-0.05, 0) is 6.42 Å². The normalized spacial score (nSPS) is 15.1. The molecule has 6 nitrogen and oxygen atoms in total. The van der Waals surface area contributed by atoms with Crippen LogP contribution in [-0.4, -0.2) is 52.8 Å². The van der Waals surface area contributed by atoms with Gasteiger partial charge in [0.1, 0.15) is 0 Å². The van der Waals surface area contributed by atoms with E-state index in [1.54, 1.807) is 18.0 Å². The van der Waals surface area contributed by atoms with Crippen LogP contribution in [0.1, 0.15) is 25.7 Å². The maximum absolute atomic E-state index is 12.4. The predicted octanol–water partition coefficient (Wildman–Crippen LogP) is 2.36. The molecule has 1 saturated heterocycles. The van der Waals surface area contributed by atoms with Crippen LogP contribution < -0.4 is 0 Å². The minimum absolute atomic E-state index is 0.0718. The van der Waals surface area contributed by atoms with Gasteiger partial charge in [-0.2, -0.15) is 0 Å². The lowest BCUT2D eigenvalue weighted by atomic mass is 10.2. The molecule has 1 aliphatic heterocycles. The van der Waals surface area contributed by atoms with E-state index in [1.807, 2.05) is 35.2 Å². The van der Waals surface area contributed by atoms with E-state index in [9.17, 15) is 9.59 Å². The molecule has 1 fully saturated rings. The Bertz CT molecular complexity index is 727. The Morgan fingerprint density at radius 1 is 1.08 bits per heavy atom. The van der Waals surface area contributed by atoms with Crippen LogP contribution in [0.5, 0.6) is 0 Å². The standard InChI is InChI=1S/C19H23N3O3/c1-15(23)21-10-5-11-22(13-12-21)19(24)9-8-18-20-14-17(25-18)16-6-3-2-4-7-16/h2-4,6-7,14H,5,8-13H2,1H3. The fourth-order valence-corrected chi connectivity index (χ4v) is 3.02. The highest BCUT2D eigenvalue weighted by molar-refractivity contribution is 5.77. The maximum atomic E-state index is 12.4. The summed E-state index contributed by atoms with van der Waals surface area (Å²) in [6.07, 6.45) is 3.38. The van der Waals surface area contributed by atoms with Crippen LogP contribution in [0.3, 0.4) is 0 Å². The summed E-state index contributed by atoms with van der Waals surface area (Å²) < 4.78 is 5.75. The average Bonchev–Trinajstić information content (AvgIpc) is 2.95. The molecule has 1 aliphatic rings.